The monoisotopic (exact) mass is 325 g/mol. The highest BCUT2D eigenvalue weighted by Gasteiger charge is 2.14. The second-order valence-corrected chi connectivity index (χ2v) is 6.24. The summed E-state index contributed by atoms with van der Waals surface area (Å²) in [5.41, 5.74) is 4.83. The summed E-state index contributed by atoms with van der Waals surface area (Å²) in [6.45, 7) is 6.30. The third-order valence-electron chi connectivity index (χ3n) is 4.34. The van der Waals surface area contributed by atoms with Gasteiger partial charge >= 0.3 is 0 Å². The minimum absolute atomic E-state index is 0.0777. The summed E-state index contributed by atoms with van der Waals surface area (Å²) >= 11 is 0. The van der Waals surface area contributed by atoms with Gasteiger partial charge in [-0.1, -0.05) is 42.8 Å². The molecule has 3 heteroatoms. The number of hydrogen-bond donors (Lipinski definition) is 1. The van der Waals surface area contributed by atoms with E-state index in [1.54, 1.807) is 7.11 Å². The van der Waals surface area contributed by atoms with Gasteiger partial charge in [0.2, 0.25) is 5.91 Å². The van der Waals surface area contributed by atoms with Crippen LogP contribution in [0.4, 0.5) is 0 Å². The third-order valence-corrected chi connectivity index (χ3v) is 4.34. The van der Waals surface area contributed by atoms with Crippen molar-refractivity contribution in [3.8, 4) is 5.75 Å². The van der Waals surface area contributed by atoms with E-state index in [2.05, 4.69) is 44.3 Å². The van der Waals surface area contributed by atoms with Crippen LogP contribution in [0.1, 0.15) is 48.1 Å². The van der Waals surface area contributed by atoms with Gasteiger partial charge in [-0.05, 0) is 55.5 Å². The number of methoxy groups -OCH3 is 1. The van der Waals surface area contributed by atoms with E-state index in [1.165, 1.54) is 16.7 Å². The van der Waals surface area contributed by atoms with Crippen molar-refractivity contribution < 1.29 is 9.53 Å². The molecule has 2 aromatic carbocycles. The topological polar surface area (TPSA) is 38.3 Å². The summed E-state index contributed by atoms with van der Waals surface area (Å²) in [4.78, 5) is 12.3. The molecule has 1 N–H and O–H groups in total. The molecule has 1 amide bonds. The number of aryl methyl sites for hydroxylation is 3. The van der Waals surface area contributed by atoms with Crippen LogP contribution in [0.5, 0.6) is 5.75 Å². The van der Waals surface area contributed by atoms with Gasteiger partial charge in [-0.25, -0.2) is 0 Å². The molecule has 0 radical (unpaired) electrons. The molecule has 0 unspecified atom stereocenters. The molecule has 0 aromatic heterocycles. The molecule has 1 atom stereocenters. The van der Waals surface area contributed by atoms with E-state index < -0.39 is 0 Å². The Morgan fingerprint density at radius 2 is 1.83 bits per heavy atom. The van der Waals surface area contributed by atoms with Gasteiger partial charge in [0.15, 0.2) is 0 Å². The smallest absolute Gasteiger partial charge is 0.220 e. The predicted octanol–water partition coefficient (Wildman–Crippen LogP) is 4.51. The number of rotatable bonds is 7. The maximum atomic E-state index is 12.3. The number of carbonyl (C=O) groups excluding carboxylic acids is 1. The molecule has 2 aromatic rings. The molecular weight excluding hydrogens is 298 g/mol. The van der Waals surface area contributed by atoms with Gasteiger partial charge < -0.3 is 10.1 Å². The van der Waals surface area contributed by atoms with Gasteiger partial charge in [-0.2, -0.15) is 0 Å². The third kappa shape index (κ3) is 4.85. The Labute approximate surface area is 145 Å². The highest BCUT2D eigenvalue weighted by molar-refractivity contribution is 5.76. The lowest BCUT2D eigenvalue weighted by molar-refractivity contribution is -0.121. The molecule has 2 rings (SSSR count). The molecule has 0 aliphatic heterocycles. The lowest BCUT2D eigenvalue weighted by atomic mass is 9.97. The minimum atomic E-state index is 0.0777. The number of carbonyl (C=O) groups is 1. The van der Waals surface area contributed by atoms with Gasteiger partial charge in [-0.15, -0.1) is 0 Å². The highest BCUT2D eigenvalue weighted by atomic mass is 16.5. The van der Waals surface area contributed by atoms with Gasteiger partial charge in [0.05, 0.1) is 13.2 Å². The number of nitrogens with one attached hydrogen (secondary N) is 1. The Bertz CT molecular complexity index is 677. The zero-order chi connectivity index (χ0) is 17.5. The standard InChI is InChI=1S/C21H27NO2/c1-5-20(19-12-6-15(2)14-16(19)3)22-21(23)13-9-17-7-10-18(24-4)11-8-17/h6-8,10-12,14,20H,5,9,13H2,1-4H3,(H,22,23)/t20-/m1/s1. The second kappa shape index (κ2) is 8.53. The lowest BCUT2D eigenvalue weighted by Gasteiger charge is -2.20. The van der Waals surface area contributed by atoms with Crippen LogP contribution in [-0.2, 0) is 11.2 Å². The molecule has 0 fully saturated rings. The van der Waals surface area contributed by atoms with Crippen molar-refractivity contribution in [3.05, 3.63) is 64.7 Å². The lowest BCUT2D eigenvalue weighted by Crippen LogP contribution is -2.28. The van der Waals surface area contributed by atoms with Crippen LogP contribution in [0.15, 0.2) is 42.5 Å². The van der Waals surface area contributed by atoms with E-state index in [-0.39, 0.29) is 11.9 Å². The fraction of sp³-hybridized carbons (Fsp3) is 0.381. The normalized spacial score (nSPS) is 11.8. The number of ether oxygens (including phenoxy) is 1. The van der Waals surface area contributed by atoms with Gasteiger partial charge in [0, 0.05) is 6.42 Å². The van der Waals surface area contributed by atoms with Crippen LogP contribution >= 0.6 is 0 Å². The molecule has 128 valence electrons. The van der Waals surface area contributed by atoms with Gasteiger partial charge in [0.1, 0.15) is 5.75 Å². The zero-order valence-corrected chi connectivity index (χ0v) is 15.1. The summed E-state index contributed by atoms with van der Waals surface area (Å²) in [6.07, 6.45) is 2.12. The SMILES string of the molecule is CC[C@@H](NC(=O)CCc1ccc(OC)cc1)c1ccc(C)cc1C. The maximum absolute atomic E-state index is 12.3. The van der Waals surface area contributed by atoms with Crippen molar-refractivity contribution >= 4 is 5.91 Å². The molecule has 0 heterocycles. The largest absolute Gasteiger partial charge is 0.497 e. The first-order valence-corrected chi connectivity index (χ1v) is 8.53. The van der Waals surface area contributed by atoms with Crippen molar-refractivity contribution in [2.45, 2.75) is 46.1 Å². The summed E-state index contributed by atoms with van der Waals surface area (Å²) in [6, 6.07) is 14.4. The molecule has 3 nitrogen and oxygen atoms in total. The molecule has 24 heavy (non-hydrogen) atoms. The zero-order valence-electron chi connectivity index (χ0n) is 15.1. The highest BCUT2D eigenvalue weighted by Crippen LogP contribution is 2.22. The van der Waals surface area contributed by atoms with E-state index in [0.29, 0.717) is 6.42 Å². The van der Waals surface area contributed by atoms with Gasteiger partial charge in [0.25, 0.3) is 0 Å². The fourth-order valence-corrected chi connectivity index (χ4v) is 2.93. The summed E-state index contributed by atoms with van der Waals surface area (Å²) in [5.74, 6) is 0.932. The Morgan fingerprint density at radius 3 is 2.42 bits per heavy atom. The van der Waals surface area contributed by atoms with Crippen LogP contribution in [0.2, 0.25) is 0 Å². The van der Waals surface area contributed by atoms with Crippen molar-refractivity contribution in [2.24, 2.45) is 0 Å². The molecule has 0 aliphatic carbocycles. The predicted molar refractivity (Wildman–Crippen MR) is 98.4 cm³/mol. The Morgan fingerprint density at radius 1 is 1.12 bits per heavy atom. The van der Waals surface area contributed by atoms with E-state index >= 15 is 0 Å². The van der Waals surface area contributed by atoms with E-state index in [1.807, 2.05) is 24.3 Å². The summed E-state index contributed by atoms with van der Waals surface area (Å²) in [7, 11) is 1.65. The van der Waals surface area contributed by atoms with Crippen LogP contribution in [-0.4, -0.2) is 13.0 Å². The number of benzene rings is 2. The number of hydrogen-bond acceptors (Lipinski definition) is 2. The molecule has 0 bridgehead atoms. The molecule has 0 saturated carbocycles. The first-order valence-electron chi connectivity index (χ1n) is 8.53. The molecule has 0 spiro atoms. The Balaban J connectivity index is 1.93. The van der Waals surface area contributed by atoms with Crippen molar-refractivity contribution in [3.63, 3.8) is 0 Å². The average molecular weight is 325 g/mol. The van der Waals surface area contributed by atoms with Gasteiger partial charge in [-0.3, -0.25) is 4.79 Å². The second-order valence-electron chi connectivity index (χ2n) is 6.24. The van der Waals surface area contributed by atoms with E-state index in [4.69, 9.17) is 4.74 Å². The average Bonchev–Trinajstić information content (AvgIpc) is 2.59. The minimum Gasteiger partial charge on any atom is -0.497 e. The van der Waals surface area contributed by atoms with Crippen molar-refractivity contribution in [1.82, 2.24) is 5.32 Å². The van der Waals surface area contributed by atoms with E-state index in [9.17, 15) is 4.79 Å². The Kier molecular flexibility index (Phi) is 6.42. The van der Waals surface area contributed by atoms with Crippen LogP contribution in [0.25, 0.3) is 0 Å². The fourth-order valence-electron chi connectivity index (χ4n) is 2.93. The number of amides is 1. The molecule has 0 aliphatic rings. The van der Waals surface area contributed by atoms with Crippen LogP contribution in [0, 0.1) is 13.8 Å². The van der Waals surface area contributed by atoms with Crippen LogP contribution < -0.4 is 10.1 Å². The molecular formula is C21H27NO2. The quantitative estimate of drug-likeness (QED) is 0.813. The summed E-state index contributed by atoms with van der Waals surface area (Å²) in [5, 5.41) is 3.17. The Hall–Kier alpha value is -2.29. The molecule has 0 saturated heterocycles. The first-order chi connectivity index (χ1) is 11.5. The first kappa shape index (κ1) is 18.1. The van der Waals surface area contributed by atoms with Crippen LogP contribution in [0.3, 0.4) is 0 Å². The summed E-state index contributed by atoms with van der Waals surface area (Å²) < 4.78 is 5.15. The van der Waals surface area contributed by atoms with E-state index in [0.717, 1.165) is 24.2 Å². The maximum Gasteiger partial charge on any atom is 0.220 e. The van der Waals surface area contributed by atoms with Crippen molar-refractivity contribution in [2.75, 3.05) is 7.11 Å². The van der Waals surface area contributed by atoms with Crippen molar-refractivity contribution in [1.29, 1.82) is 0 Å².